The lowest BCUT2D eigenvalue weighted by atomic mass is 10.0. The van der Waals surface area contributed by atoms with Gasteiger partial charge in [-0.15, -0.1) is 11.3 Å². The number of thiophene rings is 1. The van der Waals surface area contributed by atoms with Gasteiger partial charge in [-0.1, -0.05) is 36.4 Å². The van der Waals surface area contributed by atoms with Crippen LogP contribution in [0.5, 0.6) is 0 Å². The first kappa shape index (κ1) is 19.1. The minimum Gasteiger partial charge on any atom is -0.325 e. The molecule has 1 amide bonds. The molecule has 0 spiro atoms. The van der Waals surface area contributed by atoms with E-state index in [1.54, 1.807) is 0 Å². The number of hydrogen-bond donors (Lipinski definition) is 1. The lowest BCUT2D eigenvalue weighted by molar-refractivity contribution is -0.116. The number of fused-ring (bicyclic) bond motifs is 1. The quantitative estimate of drug-likeness (QED) is 0.538. The molecule has 0 saturated carbocycles. The SMILES string of the molecule is Cc1cc(C)cc(NC(=O)Cn2cnc3sc(C)c(-c4ccccc4)c3c2=O)c1. The molecular formula is C23H21N3O2S. The Balaban J connectivity index is 1.69. The summed E-state index contributed by atoms with van der Waals surface area (Å²) in [7, 11) is 0. The minimum atomic E-state index is -0.258. The van der Waals surface area contributed by atoms with Crippen molar-refractivity contribution in [2.45, 2.75) is 27.3 Å². The summed E-state index contributed by atoms with van der Waals surface area (Å²) in [6.45, 7) is 5.87. The molecule has 29 heavy (non-hydrogen) atoms. The molecule has 0 atom stereocenters. The summed E-state index contributed by atoms with van der Waals surface area (Å²) < 4.78 is 1.37. The monoisotopic (exact) mass is 403 g/mol. The maximum absolute atomic E-state index is 13.2. The van der Waals surface area contributed by atoms with Gasteiger partial charge in [0.25, 0.3) is 5.56 Å². The van der Waals surface area contributed by atoms with Crippen molar-refractivity contribution in [1.82, 2.24) is 9.55 Å². The Hall–Kier alpha value is -3.25. The van der Waals surface area contributed by atoms with Crippen molar-refractivity contribution < 1.29 is 4.79 Å². The summed E-state index contributed by atoms with van der Waals surface area (Å²) in [5, 5.41) is 3.44. The van der Waals surface area contributed by atoms with Crippen LogP contribution in [0.4, 0.5) is 5.69 Å². The van der Waals surface area contributed by atoms with Crippen molar-refractivity contribution in [3.63, 3.8) is 0 Å². The highest BCUT2D eigenvalue weighted by molar-refractivity contribution is 7.19. The molecule has 2 heterocycles. The number of aromatic nitrogens is 2. The highest BCUT2D eigenvalue weighted by Gasteiger charge is 2.17. The van der Waals surface area contributed by atoms with Gasteiger partial charge in [-0.05, 0) is 49.6 Å². The fourth-order valence-corrected chi connectivity index (χ4v) is 4.61. The van der Waals surface area contributed by atoms with Gasteiger partial charge in [0.1, 0.15) is 11.4 Å². The minimum absolute atomic E-state index is 0.0854. The van der Waals surface area contributed by atoms with E-state index in [2.05, 4.69) is 10.3 Å². The van der Waals surface area contributed by atoms with Crippen molar-refractivity contribution >= 4 is 33.1 Å². The van der Waals surface area contributed by atoms with Crippen LogP contribution in [0.1, 0.15) is 16.0 Å². The second-order valence-corrected chi connectivity index (χ2v) is 8.38. The molecule has 0 aliphatic heterocycles. The largest absolute Gasteiger partial charge is 0.325 e. The molecule has 0 radical (unpaired) electrons. The van der Waals surface area contributed by atoms with Crippen molar-refractivity contribution in [2.24, 2.45) is 0 Å². The van der Waals surface area contributed by atoms with Crippen molar-refractivity contribution in [2.75, 3.05) is 5.32 Å². The van der Waals surface area contributed by atoms with Crippen LogP contribution < -0.4 is 10.9 Å². The van der Waals surface area contributed by atoms with Gasteiger partial charge in [-0.25, -0.2) is 4.98 Å². The predicted octanol–water partition coefficient (Wildman–Crippen LogP) is 4.69. The first-order valence-electron chi connectivity index (χ1n) is 9.34. The number of benzene rings is 2. The van der Waals surface area contributed by atoms with Crippen molar-refractivity contribution in [3.8, 4) is 11.1 Å². The Morgan fingerprint density at radius 2 is 1.76 bits per heavy atom. The van der Waals surface area contributed by atoms with Crippen molar-refractivity contribution in [3.05, 3.63) is 81.2 Å². The van der Waals surface area contributed by atoms with Crippen LogP contribution in [-0.2, 0) is 11.3 Å². The third-order valence-corrected chi connectivity index (χ3v) is 5.75. The number of nitrogens with zero attached hydrogens (tertiary/aromatic N) is 2. The Labute approximate surface area is 172 Å². The van der Waals surface area contributed by atoms with Crippen LogP contribution in [0.25, 0.3) is 21.3 Å². The van der Waals surface area contributed by atoms with E-state index >= 15 is 0 Å². The number of anilines is 1. The topological polar surface area (TPSA) is 64.0 Å². The summed E-state index contributed by atoms with van der Waals surface area (Å²) in [4.78, 5) is 31.9. The Kier molecular flexibility index (Phi) is 5.03. The smallest absolute Gasteiger partial charge is 0.263 e. The standard InChI is InChI=1S/C23H21N3O2S/c1-14-9-15(2)11-18(10-14)25-19(27)12-26-13-24-22-21(23(26)28)20(16(3)29-22)17-7-5-4-6-8-17/h4-11,13H,12H2,1-3H3,(H,25,27). The Bertz CT molecular complexity index is 1250. The molecule has 0 fully saturated rings. The van der Waals surface area contributed by atoms with Gasteiger partial charge in [-0.3, -0.25) is 14.2 Å². The summed E-state index contributed by atoms with van der Waals surface area (Å²) in [5.41, 5.74) is 4.54. The molecule has 4 aromatic rings. The molecular weight excluding hydrogens is 382 g/mol. The first-order chi connectivity index (χ1) is 13.9. The third-order valence-electron chi connectivity index (χ3n) is 4.74. The Morgan fingerprint density at radius 3 is 2.45 bits per heavy atom. The lowest BCUT2D eigenvalue weighted by Gasteiger charge is -2.09. The molecule has 2 aromatic carbocycles. The zero-order valence-electron chi connectivity index (χ0n) is 16.5. The molecule has 1 N–H and O–H groups in total. The zero-order valence-corrected chi connectivity index (χ0v) is 17.3. The number of carbonyl (C=O) groups excluding carboxylic acids is 1. The summed E-state index contributed by atoms with van der Waals surface area (Å²) in [6.07, 6.45) is 1.45. The molecule has 0 unspecified atom stereocenters. The van der Waals surface area contributed by atoms with Gasteiger partial charge in [0.15, 0.2) is 0 Å². The molecule has 0 bridgehead atoms. The molecule has 0 aliphatic carbocycles. The highest BCUT2D eigenvalue weighted by Crippen LogP contribution is 2.35. The van der Waals surface area contributed by atoms with Crippen LogP contribution in [0.3, 0.4) is 0 Å². The fourth-order valence-electron chi connectivity index (χ4n) is 3.60. The number of hydrogen-bond acceptors (Lipinski definition) is 4. The molecule has 2 aromatic heterocycles. The van der Waals surface area contributed by atoms with E-state index in [4.69, 9.17) is 0 Å². The van der Waals surface area contributed by atoms with Crippen LogP contribution in [0.2, 0.25) is 0 Å². The summed E-state index contributed by atoms with van der Waals surface area (Å²) >= 11 is 1.50. The van der Waals surface area contributed by atoms with Gasteiger partial charge in [-0.2, -0.15) is 0 Å². The maximum Gasteiger partial charge on any atom is 0.263 e. The van der Waals surface area contributed by atoms with E-state index in [0.29, 0.717) is 10.2 Å². The highest BCUT2D eigenvalue weighted by atomic mass is 32.1. The van der Waals surface area contributed by atoms with Gasteiger partial charge >= 0.3 is 0 Å². The maximum atomic E-state index is 13.2. The third kappa shape index (κ3) is 3.84. The van der Waals surface area contributed by atoms with Crippen LogP contribution >= 0.6 is 11.3 Å². The molecule has 6 heteroatoms. The van der Waals surface area contributed by atoms with Crippen LogP contribution in [0.15, 0.2) is 59.7 Å². The van der Waals surface area contributed by atoms with E-state index in [1.807, 2.05) is 69.3 Å². The fraction of sp³-hybridized carbons (Fsp3) is 0.174. The van der Waals surface area contributed by atoms with Gasteiger partial charge in [0, 0.05) is 16.1 Å². The van der Waals surface area contributed by atoms with E-state index in [9.17, 15) is 9.59 Å². The molecule has 0 saturated heterocycles. The molecule has 0 aliphatic rings. The number of amides is 1. The van der Waals surface area contributed by atoms with E-state index in [-0.39, 0.29) is 18.0 Å². The normalized spacial score (nSPS) is 11.0. The second-order valence-electron chi connectivity index (χ2n) is 7.18. The average molecular weight is 404 g/mol. The van der Waals surface area contributed by atoms with Crippen LogP contribution in [0, 0.1) is 20.8 Å². The zero-order chi connectivity index (χ0) is 20.5. The molecule has 146 valence electrons. The van der Waals surface area contributed by atoms with Gasteiger partial charge in [0.05, 0.1) is 11.7 Å². The second kappa shape index (κ2) is 7.64. The molecule has 5 nitrogen and oxygen atoms in total. The molecule has 4 rings (SSSR count). The predicted molar refractivity (Wildman–Crippen MR) is 119 cm³/mol. The number of nitrogens with one attached hydrogen (secondary N) is 1. The Morgan fingerprint density at radius 1 is 1.07 bits per heavy atom. The van der Waals surface area contributed by atoms with Crippen LogP contribution in [-0.4, -0.2) is 15.5 Å². The van der Waals surface area contributed by atoms with E-state index < -0.39 is 0 Å². The van der Waals surface area contributed by atoms with Gasteiger partial charge < -0.3 is 5.32 Å². The van der Waals surface area contributed by atoms with Crippen molar-refractivity contribution in [1.29, 1.82) is 0 Å². The van der Waals surface area contributed by atoms with Gasteiger partial charge in [0.2, 0.25) is 5.91 Å². The number of rotatable bonds is 4. The van der Waals surface area contributed by atoms with E-state index in [0.717, 1.165) is 32.8 Å². The average Bonchev–Trinajstić information content (AvgIpc) is 3.00. The lowest BCUT2D eigenvalue weighted by Crippen LogP contribution is -2.27. The first-order valence-corrected chi connectivity index (χ1v) is 10.2. The summed E-state index contributed by atoms with van der Waals surface area (Å²) in [5.74, 6) is -0.258. The number of carbonyl (C=O) groups is 1. The summed E-state index contributed by atoms with van der Waals surface area (Å²) in [6, 6.07) is 15.7. The number of aryl methyl sites for hydroxylation is 3. The van der Waals surface area contributed by atoms with E-state index in [1.165, 1.54) is 22.2 Å².